The second-order valence-corrected chi connectivity index (χ2v) is 6.57. The molecule has 0 aliphatic rings. The average molecular weight is 438 g/mol. The van der Waals surface area contributed by atoms with Crippen LogP contribution in [0.1, 0.15) is 23.7 Å². The Morgan fingerprint density at radius 2 is 2.03 bits per heavy atom. The van der Waals surface area contributed by atoms with E-state index in [4.69, 9.17) is 21.6 Å². The lowest BCUT2D eigenvalue weighted by molar-refractivity contribution is 0.0101. The van der Waals surface area contributed by atoms with E-state index < -0.39 is 34.3 Å². The van der Waals surface area contributed by atoms with Crippen LogP contribution in [0.15, 0.2) is 40.2 Å². The Hall–Kier alpha value is -3.65. The van der Waals surface area contributed by atoms with Gasteiger partial charge >= 0.3 is 0 Å². The predicted molar refractivity (Wildman–Crippen MR) is 98.2 cm³/mol. The highest BCUT2D eigenvalue weighted by molar-refractivity contribution is 6.29. The minimum Gasteiger partial charge on any atom is -0.449 e. The fourth-order valence-electron chi connectivity index (χ4n) is 2.51. The van der Waals surface area contributed by atoms with Gasteiger partial charge in [-0.05, 0) is 18.2 Å². The molecule has 3 aromatic rings. The second kappa shape index (κ2) is 8.00. The third-order valence-corrected chi connectivity index (χ3v) is 4.02. The number of aromatic amines is 1. The number of hydrogen-bond donors (Lipinski definition) is 1. The van der Waals surface area contributed by atoms with Crippen LogP contribution in [-0.2, 0) is 12.5 Å². The van der Waals surface area contributed by atoms with Crippen LogP contribution in [0.3, 0.4) is 0 Å². The fourth-order valence-corrected chi connectivity index (χ4v) is 2.68. The molecule has 30 heavy (non-hydrogen) atoms. The monoisotopic (exact) mass is 437 g/mol. The van der Waals surface area contributed by atoms with Crippen molar-refractivity contribution in [2.45, 2.75) is 19.4 Å². The van der Waals surface area contributed by atoms with E-state index in [1.807, 2.05) is 0 Å². The molecule has 0 aliphatic heterocycles. The topological polar surface area (TPSA) is 114 Å². The molecule has 1 aromatic carbocycles. The maximum atomic E-state index is 14.0. The fraction of sp³-hybridized carbons (Fsp3) is 0.167. The summed E-state index contributed by atoms with van der Waals surface area (Å²) in [7, 11) is 0. The van der Waals surface area contributed by atoms with E-state index in [-0.39, 0.29) is 28.6 Å². The Labute approximate surface area is 171 Å². The van der Waals surface area contributed by atoms with Gasteiger partial charge in [-0.2, -0.15) is 19.1 Å². The molecule has 0 unspecified atom stereocenters. The molecule has 0 aliphatic carbocycles. The highest BCUT2D eigenvalue weighted by Crippen LogP contribution is 2.33. The Bertz CT molecular complexity index is 1280. The number of nitrogens with one attached hydrogen (secondary N) is 1. The van der Waals surface area contributed by atoms with Gasteiger partial charge in [0.15, 0.2) is 5.69 Å². The summed E-state index contributed by atoms with van der Waals surface area (Å²) in [6, 6.07) is 5.68. The van der Waals surface area contributed by atoms with Crippen molar-refractivity contribution in [2.75, 3.05) is 0 Å². The van der Waals surface area contributed by atoms with Crippen molar-refractivity contribution >= 4 is 11.6 Å². The summed E-state index contributed by atoms with van der Waals surface area (Å²) in [4.78, 5) is 28.3. The highest BCUT2D eigenvalue weighted by Gasteiger charge is 2.33. The van der Waals surface area contributed by atoms with Crippen LogP contribution in [0.5, 0.6) is 11.5 Å². The molecular weight excluding hydrogens is 427 g/mol. The van der Waals surface area contributed by atoms with Gasteiger partial charge in [-0.3, -0.25) is 14.2 Å². The van der Waals surface area contributed by atoms with Gasteiger partial charge in [0, 0.05) is 18.6 Å². The molecule has 0 radical (unpaired) electrons. The number of alkyl halides is 2. The van der Waals surface area contributed by atoms with Crippen molar-refractivity contribution in [1.29, 1.82) is 5.26 Å². The summed E-state index contributed by atoms with van der Waals surface area (Å²) in [6.45, 7) is 0.132. The van der Waals surface area contributed by atoms with Gasteiger partial charge in [-0.1, -0.05) is 11.6 Å². The Morgan fingerprint density at radius 3 is 2.70 bits per heavy atom. The Kier molecular flexibility index (Phi) is 5.62. The second-order valence-electron chi connectivity index (χ2n) is 6.18. The molecule has 0 bridgehead atoms. The molecule has 2 heterocycles. The molecule has 8 nitrogen and oxygen atoms in total. The SMILES string of the molecule is CC(F)(F)c1ncn(Cc2cc(Cl)n[nH]c2=O)c(=O)c1Oc1cc(F)cc(C#N)c1. The number of H-pyrrole nitrogens is 1. The first-order chi connectivity index (χ1) is 14.1. The summed E-state index contributed by atoms with van der Waals surface area (Å²) in [5, 5.41) is 14.5. The summed E-state index contributed by atoms with van der Waals surface area (Å²) in [5.41, 5.74) is -2.83. The van der Waals surface area contributed by atoms with Gasteiger partial charge in [0.25, 0.3) is 17.0 Å². The minimum atomic E-state index is -3.57. The van der Waals surface area contributed by atoms with Crippen molar-refractivity contribution < 1.29 is 17.9 Å². The minimum absolute atomic E-state index is 0.0124. The number of hydrogen-bond acceptors (Lipinski definition) is 6. The van der Waals surface area contributed by atoms with Crippen molar-refractivity contribution in [3.8, 4) is 17.6 Å². The summed E-state index contributed by atoms with van der Waals surface area (Å²) < 4.78 is 47.7. The van der Waals surface area contributed by atoms with Gasteiger partial charge in [-0.25, -0.2) is 14.5 Å². The highest BCUT2D eigenvalue weighted by atomic mass is 35.5. The number of aromatic nitrogens is 4. The van der Waals surface area contributed by atoms with Gasteiger partial charge in [-0.15, -0.1) is 0 Å². The molecule has 12 heteroatoms. The number of nitriles is 1. The molecule has 1 N–H and O–H groups in total. The summed E-state index contributed by atoms with van der Waals surface area (Å²) >= 11 is 5.72. The van der Waals surface area contributed by atoms with Crippen LogP contribution < -0.4 is 15.9 Å². The molecule has 0 atom stereocenters. The summed E-state index contributed by atoms with van der Waals surface area (Å²) in [6.07, 6.45) is 0.821. The lowest BCUT2D eigenvalue weighted by Gasteiger charge is -2.16. The zero-order valence-corrected chi connectivity index (χ0v) is 15.9. The van der Waals surface area contributed by atoms with E-state index in [1.165, 1.54) is 6.07 Å². The van der Waals surface area contributed by atoms with E-state index in [2.05, 4.69) is 15.2 Å². The largest absolute Gasteiger partial charge is 0.449 e. The Balaban J connectivity index is 2.12. The van der Waals surface area contributed by atoms with E-state index in [9.17, 15) is 22.8 Å². The number of ether oxygens (including phenoxy) is 1. The zero-order valence-electron chi connectivity index (χ0n) is 15.1. The lowest BCUT2D eigenvalue weighted by Crippen LogP contribution is -2.29. The molecule has 0 amide bonds. The lowest BCUT2D eigenvalue weighted by atomic mass is 10.2. The number of nitrogens with zero attached hydrogens (tertiary/aromatic N) is 4. The van der Waals surface area contributed by atoms with Gasteiger partial charge in [0.05, 0.1) is 24.5 Å². The first kappa shape index (κ1) is 21.1. The molecule has 2 aromatic heterocycles. The molecule has 0 saturated heterocycles. The van der Waals surface area contributed by atoms with Crippen molar-refractivity contribution in [3.63, 3.8) is 0 Å². The standard InChI is InChI=1S/C18H11ClF3N5O3/c1-18(21,22)15-14(30-12-3-9(6-23)2-11(20)5-12)17(29)27(8-24-15)7-10-4-13(19)25-26-16(10)28/h2-5,8H,7H2,1H3,(H,26,28). The van der Waals surface area contributed by atoms with Crippen molar-refractivity contribution in [1.82, 2.24) is 19.7 Å². The first-order valence-electron chi connectivity index (χ1n) is 8.19. The van der Waals surface area contributed by atoms with E-state index >= 15 is 0 Å². The smallest absolute Gasteiger partial charge is 0.297 e. The van der Waals surface area contributed by atoms with Crippen LogP contribution in [0.2, 0.25) is 5.15 Å². The number of rotatable bonds is 5. The molecule has 0 saturated carbocycles. The third kappa shape index (κ3) is 4.49. The van der Waals surface area contributed by atoms with Crippen molar-refractivity contribution in [3.05, 3.63) is 79.1 Å². The third-order valence-electron chi connectivity index (χ3n) is 3.82. The molecular formula is C18H11ClF3N5O3. The van der Waals surface area contributed by atoms with Gasteiger partial charge in [0.2, 0.25) is 5.75 Å². The van der Waals surface area contributed by atoms with Gasteiger partial charge in [0.1, 0.15) is 16.7 Å². The number of benzene rings is 1. The number of halogens is 4. The van der Waals surface area contributed by atoms with Crippen LogP contribution >= 0.6 is 11.6 Å². The van der Waals surface area contributed by atoms with Gasteiger partial charge < -0.3 is 4.74 Å². The molecule has 0 spiro atoms. The zero-order chi connectivity index (χ0) is 22.1. The van der Waals surface area contributed by atoms with Crippen LogP contribution in [-0.4, -0.2) is 19.7 Å². The molecule has 0 fully saturated rings. The van der Waals surface area contributed by atoms with E-state index in [1.54, 1.807) is 6.07 Å². The maximum Gasteiger partial charge on any atom is 0.297 e. The quantitative estimate of drug-likeness (QED) is 0.656. The van der Waals surface area contributed by atoms with Crippen LogP contribution in [0, 0.1) is 17.1 Å². The average Bonchev–Trinajstić information content (AvgIpc) is 2.66. The Morgan fingerprint density at radius 1 is 1.30 bits per heavy atom. The van der Waals surface area contributed by atoms with Crippen LogP contribution in [0.25, 0.3) is 0 Å². The molecule has 154 valence electrons. The van der Waals surface area contributed by atoms with E-state index in [0.717, 1.165) is 29.1 Å². The van der Waals surface area contributed by atoms with Crippen molar-refractivity contribution in [2.24, 2.45) is 0 Å². The van der Waals surface area contributed by atoms with Crippen LogP contribution in [0.4, 0.5) is 13.2 Å². The van der Waals surface area contributed by atoms with E-state index in [0.29, 0.717) is 6.92 Å². The molecule has 3 rings (SSSR count). The normalized spacial score (nSPS) is 11.2. The first-order valence-corrected chi connectivity index (χ1v) is 8.56. The maximum absolute atomic E-state index is 14.0. The summed E-state index contributed by atoms with van der Waals surface area (Å²) in [5.74, 6) is -5.67. The predicted octanol–water partition coefficient (Wildman–Crippen LogP) is 2.94.